The average Bonchev–Trinajstić information content (AvgIpc) is 2.45. The molecule has 0 saturated carbocycles. The third-order valence-corrected chi connectivity index (χ3v) is 2.72. The van der Waals surface area contributed by atoms with Crippen LogP contribution in [-0.2, 0) is 13.1 Å². The molecule has 1 aromatic carbocycles. The highest BCUT2D eigenvalue weighted by Gasteiger charge is 2.05. The first kappa shape index (κ1) is 13.2. The van der Waals surface area contributed by atoms with Gasteiger partial charge in [-0.15, -0.1) is 0 Å². The van der Waals surface area contributed by atoms with Gasteiger partial charge in [0.15, 0.2) is 0 Å². The fourth-order valence-corrected chi connectivity index (χ4v) is 1.67. The van der Waals surface area contributed by atoms with E-state index in [9.17, 15) is 4.79 Å². The van der Waals surface area contributed by atoms with Gasteiger partial charge in [0.25, 0.3) is 5.91 Å². The predicted molar refractivity (Wildman–Crippen MR) is 72.3 cm³/mol. The number of nitrogens with two attached hydrogens (primary N) is 1. The summed E-state index contributed by atoms with van der Waals surface area (Å²) in [6.45, 7) is 2.68. The number of amides is 1. The summed E-state index contributed by atoms with van der Waals surface area (Å²) in [7, 11) is 0. The van der Waals surface area contributed by atoms with Crippen LogP contribution in [0.2, 0.25) is 0 Å². The normalized spacial score (nSPS) is 10.2. The molecule has 0 aliphatic rings. The van der Waals surface area contributed by atoms with Crippen molar-refractivity contribution in [2.45, 2.75) is 20.0 Å². The van der Waals surface area contributed by atoms with Gasteiger partial charge in [-0.05, 0) is 30.7 Å². The molecule has 5 heteroatoms. The number of hydrogen-bond acceptors (Lipinski definition) is 4. The molecule has 19 heavy (non-hydrogen) atoms. The lowest BCUT2D eigenvalue weighted by molar-refractivity contribution is 0.0950. The number of aromatic nitrogens is 2. The molecule has 1 amide bonds. The maximum atomic E-state index is 11.9. The Kier molecular flexibility index (Phi) is 4.20. The second-order valence-electron chi connectivity index (χ2n) is 4.18. The summed E-state index contributed by atoms with van der Waals surface area (Å²) < 4.78 is 0. The molecule has 0 atom stereocenters. The Morgan fingerprint density at radius 2 is 2.00 bits per heavy atom. The van der Waals surface area contributed by atoms with E-state index in [4.69, 9.17) is 5.73 Å². The third kappa shape index (κ3) is 3.59. The van der Waals surface area contributed by atoms with Crippen molar-refractivity contribution in [3.8, 4) is 0 Å². The molecule has 5 nitrogen and oxygen atoms in total. The molecule has 0 aliphatic heterocycles. The van der Waals surface area contributed by atoms with Crippen LogP contribution in [0.1, 0.15) is 27.4 Å². The van der Waals surface area contributed by atoms with Crippen molar-refractivity contribution in [2.24, 2.45) is 5.73 Å². The van der Waals surface area contributed by atoms with Crippen LogP contribution in [0.25, 0.3) is 0 Å². The minimum atomic E-state index is -0.125. The number of carbonyl (C=O) groups excluding carboxylic acids is 1. The zero-order chi connectivity index (χ0) is 13.7. The van der Waals surface area contributed by atoms with Gasteiger partial charge in [-0.3, -0.25) is 4.79 Å². The maximum Gasteiger partial charge on any atom is 0.251 e. The van der Waals surface area contributed by atoms with Crippen LogP contribution in [0.3, 0.4) is 0 Å². The van der Waals surface area contributed by atoms with Crippen molar-refractivity contribution in [2.75, 3.05) is 0 Å². The summed E-state index contributed by atoms with van der Waals surface area (Å²) >= 11 is 0. The molecule has 0 spiro atoms. The Labute approximate surface area is 111 Å². The molecule has 1 heterocycles. The molecule has 2 aromatic rings. The molecule has 3 N–H and O–H groups in total. The Morgan fingerprint density at radius 1 is 1.26 bits per heavy atom. The Morgan fingerprint density at radius 3 is 2.63 bits per heavy atom. The number of rotatable bonds is 4. The van der Waals surface area contributed by atoms with Gasteiger partial charge >= 0.3 is 0 Å². The number of aryl methyl sites for hydroxylation is 1. The van der Waals surface area contributed by atoms with Crippen molar-refractivity contribution in [1.29, 1.82) is 0 Å². The fraction of sp³-hybridized carbons (Fsp3) is 0.214. The van der Waals surface area contributed by atoms with Crippen LogP contribution in [-0.4, -0.2) is 15.9 Å². The summed E-state index contributed by atoms with van der Waals surface area (Å²) in [6.07, 6.45) is 1.68. The summed E-state index contributed by atoms with van der Waals surface area (Å²) in [5.41, 5.74) is 7.92. The predicted octanol–water partition coefficient (Wildman–Crippen LogP) is 1.17. The zero-order valence-electron chi connectivity index (χ0n) is 10.8. The van der Waals surface area contributed by atoms with E-state index in [0.29, 0.717) is 24.5 Å². The van der Waals surface area contributed by atoms with Crippen molar-refractivity contribution < 1.29 is 4.79 Å². The summed E-state index contributed by atoms with van der Waals surface area (Å²) in [6, 6.07) is 9.02. The van der Waals surface area contributed by atoms with E-state index in [2.05, 4.69) is 15.3 Å². The number of nitrogens with zero attached hydrogens (tertiary/aromatic N) is 2. The van der Waals surface area contributed by atoms with E-state index < -0.39 is 0 Å². The van der Waals surface area contributed by atoms with Gasteiger partial charge < -0.3 is 11.1 Å². The smallest absolute Gasteiger partial charge is 0.251 e. The standard InChI is InChI=1S/C14H16N4O/c1-10-16-7-6-13(18-10)9-17-14(19)12-4-2-11(8-15)3-5-12/h2-7H,8-9,15H2,1H3,(H,17,19). The van der Waals surface area contributed by atoms with Gasteiger partial charge in [-0.1, -0.05) is 12.1 Å². The van der Waals surface area contributed by atoms with Crippen molar-refractivity contribution in [3.05, 3.63) is 59.2 Å². The lowest BCUT2D eigenvalue weighted by Gasteiger charge is -2.06. The first-order valence-electron chi connectivity index (χ1n) is 6.05. The SMILES string of the molecule is Cc1nccc(CNC(=O)c2ccc(CN)cc2)n1. The summed E-state index contributed by atoms with van der Waals surface area (Å²) in [5, 5.41) is 2.82. The van der Waals surface area contributed by atoms with E-state index in [1.807, 2.05) is 19.1 Å². The van der Waals surface area contributed by atoms with Crippen molar-refractivity contribution >= 4 is 5.91 Å². The molecule has 1 aromatic heterocycles. The van der Waals surface area contributed by atoms with Crippen LogP contribution in [0, 0.1) is 6.92 Å². The first-order valence-corrected chi connectivity index (χ1v) is 6.05. The minimum Gasteiger partial charge on any atom is -0.346 e. The highest BCUT2D eigenvalue weighted by atomic mass is 16.1. The lowest BCUT2D eigenvalue weighted by atomic mass is 10.1. The quantitative estimate of drug-likeness (QED) is 0.860. The molecule has 0 aliphatic carbocycles. The fourth-order valence-electron chi connectivity index (χ4n) is 1.67. The molecule has 2 rings (SSSR count). The second kappa shape index (κ2) is 6.06. The molecule has 0 unspecified atom stereocenters. The van der Waals surface area contributed by atoms with Gasteiger partial charge in [0.1, 0.15) is 5.82 Å². The van der Waals surface area contributed by atoms with E-state index in [0.717, 1.165) is 11.3 Å². The largest absolute Gasteiger partial charge is 0.346 e. The number of carbonyl (C=O) groups is 1. The lowest BCUT2D eigenvalue weighted by Crippen LogP contribution is -2.23. The molecule has 0 fully saturated rings. The second-order valence-corrected chi connectivity index (χ2v) is 4.18. The maximum absolute atomic E-state index is 11.9. The topological polar surface area (TPSA) is 80.9 Å². The zero-order valence-corrected chi connectivity index (χ0v) is 10.8. The van der Waals surface area contributed by atoms with Crippen LogP contribution in [0.5, 0.6) is 0 Å². The average molecular weight is 256 g/mol. The van der Waals surface area contributed by atoms with Gasteiger partial charge in [0.2, 0.25) is 0 Å². The number of hydrogen-bond donors (Lipinski definition) is 2. The Bertz CT molecular complexity index is 566. The molecule has 0 bridgehead atoms. The van der Waals surface area contributed by atoms with Crippen molar-refractivity contribution in [3.63, 3.8) is 0 Å². The third-order valence-electron chi connectivity index (χ3n) is 2.72. The monoisotopic (exact) mass is 256 g/mol. The first-order chi connectivity index (χ1) is 9.19. The molecular formula is C14H16N4O. The van der Waals surface area contributed by atoms with Crippen LogP contribution in [0.4, 0.5) is 0 Å². The Balaban J connectivity index is 1.97. The molecule has 98 valence electrons. The van der Waals surface area contributed by atoms with Crippen LogP contribution >= 0.6 is 0 Å². The highest BCUT2D eigenvalue weighted by Crippen LogP contribution is 2.04. The van der Waals surface area contributed by atoms with E-state index in [-0.39, 0.29) is 5.91 Å². The summed E-state index contributed by atoms with van der Waals surface area (Å²) in [5.74, 6) is 0.568. The van der Waals surface area contributed by atoms with E-state index in [1.165, 1.54) is 0 Å². The minimum absolute atomic E-state index is 0.125. The molecule has 0 saturated heterocycles. The molecule has 0 radical (unpaired) electrons. The number of benzene rings is 1. The summed E-state index contributed by atoms with van der Waals surface area (Å²) in [4.78, 5) is 20.1. The van der Waals surface area contributed by atoms with Gasteiger partial charge in [0.05, 0.1) is 12.2 Å². The number of nitrogens with one attached hydrogen (secondary N) is 1. The van der Waals surface area contributed by atoms with Gasteiger partial charge in [-0.25, -0.2) is 9.97 Å². The highest BCUT2D eigenvalue weighted by molar-refractivity contribution is 5.94. The van der Waals surface area contributed by atoms with Crippen molar-refractivity contribution in [1.82, 2.24) is 15.3 Å². The molecular weight excluding hydrogens is 240 g/mol. The van der Waals surface area contributed by atoms with E-state index in [1.54, 1.807) is 24.4 Å². The Hall–Kier alpha value is -2.27. The van der Waals surface area contributed by atoms with Gasteiger partial charge in [0, 0.05) is 18.3 Å². The van der Waals surface area contributed by atoms with E-state index >= 15 is 0 Å². The van der Waals surface area contributed by atoms with Crippen LogP contribution in [0.15, 0.2) is 36.5 Å². The van der Waals surface area contributed by atoms with Crippen LogP contribution < -0.4 is 11.1 Å². The van der Waals surface area contributed by atoms with Gasteiger partial charge in [-0.2, -0.15) is 0 Å².